The molecular formula is C46H54N8O10. The summed E-state index contributed by atoms with van der Waals surface area (Å²) in [4.78, 5) is 72.8. The third-order valence-corrected chi connectivity index (χ3v) is 12.7. The number of aromatic amines is 2. The minimum atomic E-state index is -0.951. The van der Waals surface area contributed by atoms with Gasteiger partial charge in [0.25, 0.3) is 0 Å². The van der Waals surface area contributed by atoms with Crippen LogP contribution in [0.4, 0.5) is 9.59 Å². The number of aromatic nitrogens is 4. The number of amides is 4. The zero-order chi connectivity index (χ0) is 44.9. The van der Waals surface area contributed by atoms with Crippen LogP contribution < -0.4 is 10.6 Å². The van der Waals surface area contributed by atoms with Gasteiger partial charge in [-0.2, -0.15) is 0 Å². The van der Waals surface area contributed by atoms with E-state index in [-0.39, 0.29) is 36.7 Å². The lowest BCUT2D eigenvalue weighted by atomic mass is 10.00. The fraction of sp³-hybridized carbons (Fsp3) is 0.478. The molecule has 4 N–H and O–H groups in total. The highest BCUT2D eigenvalue weighted by atomic mass is 16.7. The van der Waals surface area contributed by atoms with E-state index in [1.54, 1.807) is 9.80 Å². The summed E-state index contributed by atoms with van der Waals surface area (Å²) < 4.78 is 33.9. The van der Waals surface area contributed by atoms with Gasteiger partial charge in [-0.3, -0.25) is 9.59 Å². The smallest absolute Gasteiger partial charge is 0.407 e. The molecule has 0 bridgehead atoms. The standard InChI is InChI=1S/C46H54N8O10/c1-25(2)37(51-43(57)59-5)41(55)53-23-45(61-15-16-62-45)21-35(53)39-47-31-13-11-29(19-33(31)49-39)27-7-9-28(10-8-27)30-12-14-32-34(20-30)50-40(48-32)36-22-46(63-17-18-64-46)24-54(36)42(56)38(26(3)4)52-44(58)60-6/h7-14,19-20,25-26,35-38H,15-18,21-24H2,1-6H3,(H,47,49)(H,48,50)(H,51,57)(H,52,58)/t35-,36-,37-,38-/m0/s1. The molecule has 9 rings (SSSR count). The van der Waals surface area contributed by atoms with Gasteiger partial charge in [-0.05, 0) is 58.4 Å². The number of methoxy groups -OCH3 is 2. The molecule has 4 aliphatic rings. The second kappa shape index (κ2) is 17.1. The third-order valence-electron chi connectivity index (χ3n) is 12.7. The molecule has 3 aromatic carbocycles. The number of carbonyl (C=O) groups excluding carboxylic acids is 4. The molecule has 4 atom stereocenters. The zero-order valence-electron chi connectivity index (χ0n) is 36.8. The fourth-order valence-electron chi connectivity index (χ4n) is 9.39. The number of rotatable bonds is 10. The number of ether oxygens (including phenoxy) is 6. The predicted molar refractivity (Wildman–Crippen MR) is 232 cm³/mol. The summed E-state index contributed by atoms with van der Waals surface area (Å²) >= 11 is 0. The highest BCUT2D eigenvalue weighted by molar-refractivity contribution is 5.89. The number of hydrogen-bond donors (Lipinski definition) is 4. The van der Waals surface area contributed by atoms with E-state index in [0.717, 1.165) is 44.3 Å². The Hall–Kier alpha value is -6.08. The van der Waals surface area contributed by atoms with Gasteiger partial charge < -0.3 is 58.8 Å². The van der Waals surface area contributed by atoms with Gasteiger partial charge in [0.05, 0.1) is 87.9 Å². The van der Waals surface area contributed by atoms with Crippen molar-refractivity contribution in [2.24, 2.45) is 11.8 Å². The van der Waals surface area contributed by atoms with Gasteiger partial charge in [0, 0.05) is 12.8 Å². The summed E-state index contributed by atoms with van der Waals surface area (Å²) in [6, 6.07) is 17.8. The Labute approximate surface area is 369 Å². The number of imidazole rings is 2. The number of H-pyrrole nitrogens is 2. The highest BCUT2D eigenvalue weighted by Crippen LogP contribution is 2.44. The van der Waals surface area contributed by atoms with Crippen LogP contribution in [-0.4, -0.2) is 131 Å². The topological polar surface area (TPSA) is 212 Å². The van der Waals surface area contributed by atoms with E-state index in [4.69, 9.17) is 38.4 Å². The normalized spacial score (nSPS) is 21.1. The van der Waals surface area contributed by atoms with Gasteiger partial charge in [0.1, 0.15) is 23.7 Å². The first-order valence-electron chi connectivity index (χ1n) is 21.7. The number of fused-ring (bicyclic) bond motifs is 2. The van der Waals surface area contributed by atoms with E-state index in [9.17, 15) is 19.2 Å². The monoisotopic (exact) mass is 878 g/mol. The van der Waals surface area contributed by atoms with Crippen molar-refractivity contribution in [3.63, 3.8) is 0 Å². The number of hydrogen-bond acceptors (Lipinski definition) is 12. The van der Waals surface area contributed by atoms with Gasteiger partial charge in [0.15, 0.2) is 11.6 Å². The van der Waals surface area contributed by atoms with Crippen molar-refractivity contribution in [3.05, 3.63) is 72.3 Å². The first-order chi connectivity index (χ1) is 30.8. The SMILES string of the molecule is COC(=O)N[C@H](C(=O)N1CC2(C[C@H]1c1nc3ccc(-c4ccc(-c5ccc6nc([C@@H]7CC8(CN7C(=O)[C@@H](NC(=O)OC)C(C)C)OCCO8)[nH]c6c5)cc4)cc3[nH]1)OCCO2)C(C)C. The number of likely N-dealkylation sites (tertiary alicyclic amines) is 2. The minimum Gasteiger partial charge on any atom is -0.453 e. The van der Waals surface area contributed by atoms with Crippen molar-refractivity contribution in [2.75, 3.05) is 53.7 Å². The maximum atomic E-state index is 14.1. The maximum Gasteiger partial charge on any atom is 0.407 e. The van der Waals surface area contributed by atoms with Crippen molar-refractivity contribution >= 4 is 46.1 Å². The first kappa shape index (κ1) is 43.2. The summed E-state index contributed by atoms with van der Waals surface area (Å²) in [5, 5.41) is 5.40. The molecule has 4 fully saturated rings. The average molecular weight is 879 g/mol. The molecule has 4 amide bonds. The van der Waals surface area contributed by atoms with Crippen LogP contribution in [-0.2, 0) is 38.0 Å². The molecule has 18 heteroatoms. The van der Waals surface area contributed by atoms with Gasteiger partial charge in [-0.25, -0.2) is 19.6 Å². The molecule has 0 unspecified atom stereocenters. The largest absolute Gasteiger partial charge is 0.453 e. The molecular weight excluding hydrogens is 825 g/mol. The molecule has 0 saturated carbocycles. The lowest BCUT2D eigenvalue weighted by Gasteiger charge is -2.30. The number of benzene rings is 3. The highest BCUT2D eigenvalue weighted by Gasteiger charge is 2.54. The van der Waals surface area contributed by atoms with Crippen LogP contribution in [0.15, 0.2) is 60.7 Å². The molecule has 2 spiro atoms. The van der Waals surface area contributed by atoms with Crippen molar-refractivity contribution in [2.45, 2.75) is 76.3 Å². The Kier molecular flexibility index (Phi) is 11.6. The lowest BCUT2D eigenvalue weighted by Crippen LogP contribution is -2.52. The van der Waals surface area contributed by atoms with E-state index in [1.165, 1.54) is 14.2 Å². The molecule has 0 aliphatic carbocycles. The van der Waals surface area contributed by atoms with Crippen LogP contribution in [0.25, 0.3) is 44.3 Å². The van der Waals surface area contributed by atoms with Crippen LogP contribution in [0.1, 0.15) is 64.3 Å². The van der Waals surface area contributed by atoms with Crippen LogP contribution in [0, 0.1) is 11.8 Å². The van der Waals surface area contributed by atoms with E-state index in [1.807, 2.05) is 64.1 Å². The summed E-state index contributed by atoms with van der Waals surface area (Å²) in [5.41, 5.74) is 7.08. The lowest BCUT2D eigenvalue weighted by molar-refractivity contribution is -0.153. The van der Waals surface area contributed by atoms with Gasteiger partial charge in [-0.15, -0.1) is 0 Å². The van der Waals surface area contributed by atoms with Crippen LogP contribution in [0.2, 0.25) is 0 Å². The van der Waals surface area contributed by atoms with E-state index in [2.05, 4.69) is 44.9 Å². The zero-order valence-corrected chi connectivity index (χ0v) is 36.8. The minimum absolute atomic E-state index is 0.202. The molecule has 2 aromatic heterocycles. The second-order valence-electron chi connectivity index (χ2n) is 17.6. The Morgan fingerprint density at radius 2 is 0.969 bits per heavy atom. The van der Waals surface area contributed by atoms with E-state index >= 15 is 0 Å². The van der Waals surface area contributed by atoms with Crippen molar-refractivity contribution in [3.8, 4) is 22.3 Å². The Morgan fingerprint density at radius 1 is 0.609 bits per heavy atom. The number of alkyl carbamates (subject to hydrolysis) is 2. The third kappa shape index (κ3) is 8.14. The van der Waals surface area contributed by atoms with E-state index < -0.39 is 47.9 Å². The Balaban J connectivity index is 0.945. The molecule has 338 valence electrons. The van der Waals surface area contributed by atoms with Crippen LogP contribution in [0.5, 0.6) is 0 Å². The quantitative estimate of drug-likeness (QED) is 0.136. The molecule has 18 nitrogen and oxygen atoms in total. The summed E-state index contributed by atoms with van der Waals surface area (Å²) in [6.45, 7) is 9.60. The fourth-order valence-corrected chi connectivity index (χ4v) is 9.39. The number of nitrogens with zero attached hydrogens (tertiary/aromatic N) is 4. The second-order valence-corrected chi connectivity index (χ2v) is 17.6. The maximum absolute atomic E-state index is 14.1. The molecule has 4 saturated heterocycles. The average Bonchev–Trinajstić information content (AvgIpc) is 4.17. The van der Waals surface area contributed by atoms with Crippen LogP contribution in [0.3, 0.4) is 0 Å². The van der Waals surface area contributed by atoms with Crippen molar-refractivity contribution in [1.82, 2.24) is 40.4 Å². The van der Waals surface area contributed by atoms with Gasteiger partial charge in [0.2, 0.25) is 11.8 Å². The van der Waals surface area contributed by atoms with Crippen molar-refractivity contribution in [1.29, 1.82) is 0 Å². The molecule has 6 heterocycles. The van der Waals surface area contributed by atoms with Gasteiger partial charge >= 0.3 is 12.2 Å². The van der Waals surface area contributed by atoms with Crippen molar-refractivity contribution < 1.29 is 47.6 Å². The first-order valence-corrected chi connectivity index (χ1v) is 21.7. The molecule has 4 aliphatic heterocycles. The predicted octanol–water partition coefficient (Wildman–Crippen LogP) is 5.57. The summed E-state index contributed by atoms with van der Waals surface area (Å²) in [6.07, 6.45) is -0.578. The number of nitrogens with one attached hydrogen (secondary N) is 4. The Morgan fingerprint density at radius 3 is 1.31 bits per heavy atom. The molecule has 5 aromatic rings. The molecule has 0 radical (unpaired) electrons. The summed E-state index contributed by atoms with van der Waals surface area (Å²) in [5.74, 6) is -1.64. The summed E-state index contributed by atoms with van der Waals surface area (Å²) in [7, 11) is 2.54. The number of carbonyl (C=O) groups is 4. The molecule has 64 heavy (non-hydrogen) atoms. The van der Waals surface area contributed by atoms with Crippen LogP contribution >= 0.6 is 0 Å². The Bertz CT molecular complexity index is 2380. The van der Waals surface area contributed by atoms with Gasteiger partial charge in [-0.1, -0.05) is 64.1 Å². The van der Waals surface area contributed by atoms with E-state index in [0.29, 0.717) is 50.9 Å².